The predicted octanol–water partition coefficient (Wildman–Crippen LogP) is 4.83. The van der Waals surface area contributed by atoms with Gasteiger partial charge in [-0.2, -0.15) is 10.2 Å². The van der Waals surface area contributed by atoms with Crippen molar-refractivity contribution < 1.29 is 38.6 Å². The summed E-state index contributed by atoms with van der Waals surface area (Å²) >= 11 is 0. The molecular weight excluding hydrogens is 825 g/mol. The van der Waals surface area contributed by atoms with Crippen molar-refractivity contribution >= 4 is 63.6 Å². The monoisotopic (exact) mass is 874 g/mol. The van der Waals surface area contributed by atoms with Crippen LogP contribution in [-0.2, 0) is 31.0 Å². The second kappa shape index (κ2) is 18.1. The Labute approximate surface area is 366 Å². The number of anilines is 2. The van der Waals surface area contributed by atoms with Crippen molar-refractivity contribution in [3.8, 4) is 11.5 Å². The first kappa shape index (κ1) is 43.2. The number of primary amides is 1. The van der Waals surface area contributed by atoms with Gasteiger partial charge >= 0.3 is 5.97 Å². The Hall–Kier alpha value is -7.51. The van der Waals surface area contributed by atoms with Crippen molar-refractivity contribution in [2.45, 2.75) is 92.0 Å². The topological polar surface area (TPSA) is 257 Å². The summed E-state index contributed by atoms with van der Waals surface area (Å²) in [5.74, 6) is -2.14. The largest absolute Gasteiger partial charge is 0.491 e. The summed E-state index contributed by atoms with van der Waals surface area (Å²) in [6, 6.07) is 9.56. The number of nitrogens with two attached hydrogens (primary N) is 1. The van der Waals surface area contributed by atoms with Gasteiger partial charge < -0.3 is 34.8 Å². The first-order chi connectivity index (χ1) is 30.8. The van der Waals surface area contributed by atoms with Gasteiger partial charge in [0.25, 0.3) is 17.7 Å². The van der Waals surface area contributed by atoms with Crippen molar-refractivity contribution in [3.05, 3.63) is 82.5 Å². The van der Waals surface area contributed by atoms with Crippen LogP contribution in [0, 0.1) is 19.8 Å². The van der Waals surface area contributed by atoms with Crippen molar-refractivity contribution in [2.75, 3.05) is 23.8 Å². The maximum atomic E-state index is 13.9. The fraction of sp³-hybridized carbons (Fsp3) is 0.386. The lowest BCUT2D eigenvalue weighted by Gasteiger charge is -2.26. The van der Waals surface area contributed by atoms with Crippen LogP contribution in [0.3, 0.4) is 0 Å². The predicted molar refractivity (Wildman–Crippen MR) is 235 cm³/mol. The second-order valence-electron chi connectivity index (χ2n) is 15.9. The summed E-state index contributed by atoms with van der Waals surface area (Å²) in [7, 11) is 0. The van der Waals surface area contributed by atoms with Crippen LogP contribution in [0.25, 0.3) is 22.1 Å². The molecule has 2 aliphatic rings. The van der Waals surface area contributed by atoms with E-state index in [4.69, 9.17) is 25.2 Å². The zero-order valence-corrected chi connectivity index (χ0v) is 36.0. The number of carbonyl (C=O) groups is 5. The average Bonchev–Trinajstić information content (AvgIpc) is 4.03. The molecule has 0 atom stereocenters. The Morgan fingerprint density at radius 2 is 1.19 bits per heavy atom. The molecule has 334 valence electrons. The van der Waals surface area contributed by atoms with Gasteiger partial charge in [0.05, 0.1) is 41.6 Å². The lowest BCUT2D eigenvalue weighted by molar-refractivity contribution is -0.142. The molecule has 6 N–H and O–H groups in total. The van der Waals surface area contributed by atoms with Gasteiger partial charge in [0, 0.05) is 49.8 Å². The number of amides is 4. The Kier molecular flexibility index (Phi) is 12.2. The highest BCUT2D eigenvalue weighted by Crippen LogP contribution is 2.34. The minimum Gasteiger partial charge on any atom is -0.491 e. The van der Waals surface area contributed by atoms with E-state index in [0.29, 0.717) is 102 Å². The molecule has 1 aliphatic heterocycles. The van der Waals surface area contributed by atoms with E-state index in [2.05, 4.69) is 26.1 Å². The molecule has 1 saturated carbocycles. The van der Waals surface area contributed by atoms with E-state index in [1.807, 2.05) is 26.0 Å². The van der Waals surface area contributed by atoms with Crippen LogP contribution >= 0.6 is 0 Å². The number of nitrogens with zero attached hydrogens (tertiary/aromatic N) is 8. The summed E-state index contributed by atoms with van der Waals surface area (Å²) in [4.78, 5) is 75.1. The number of rotatable bonds is 10. The smallest absolute Gasteiger partial charge is 0.306 e. The summed E-state index contributed by atoms with van der Waals surface area (Å²) < 4.78 is 19.5. The molecule has 4 amide bonds. The van der Waals surface area contributed by atoms with Gasteiger partial charge in [0.1, 0.15) is 33.9 Å². The Bertz CT molecular complexity index is 2840. The first-order valence-electron chi connectivity index (χ1n) is 21.4. The fourth-order valence-corrected chi connectivity index (χ4v) is 8.31. The molecule has 0 spiro atoms. The Balaban J connectivity index is 1.18. The zero-order valence-electron chi connectivity index (χ0n) is 36.0. The zero-order chi connectivity index (χ0) is 45.2. The van der Waals surface area contributed by atoms with E-state index in [9.17, 15) is 29.1 Å². The van der Waals surface area contributed by atoms with Crippen LogP contribution in [0.1, 0.15) is 99.0 Å². The number of aromatic nitrogens is 8. The molecule has 0 radical (unpaired) electrons. The van der Waals surface area contributed by atoms with Crippen LogP contribution in [-0.4, -0.2) is 92.6 Å². The molecule has 0 bridgehead atoms. The number of carboxylic acids is 1. The highest BCUT2D eigenvalue weighted by Gasteiger charge is 2.29. The number of hydrogen-bond acceptors (Lipinski definition) is 11. The van der Waals surface area contributed by atoms with E-state index in [0.717, 1.165) is 0 Å². The van der Waals surface area contributed by atoms with Crippen LogP contribution in [0.2, 0.25) is 0 Å². The van der Waals surface area contributed by atoms with Crippen molar-refractivity contribution in [1.82, 2.24) is 44.0 Å². The molecule has 6 aromatic rings. The average molecular weight is 875 g/mol. The summed E-state index contributed by atoms with van der Waals surface area (Å²) in [6.07, 6.45) is 6.07. The molecule has 64 heavy (non-hydrogen) atoms. The van der Waals surface area contributed by atoms with Gasteiger partial charge in [-0.3, -0.25) is 44.0 Å². The summed E-state index contributed by atoms with van der Waals surface area (Å²) in [5.41, 5.74) is 10.0. The number of imidazole rings is 2. The molecular formula is C44H50N12O8. The molecule has 20 nitrogen and oxygen atoms in total. The third-order valence-electron chi connectivity index (χ3n) is 11.4. The number of ether oxygens (including phenoxy) is 2. The minimum absolute atomic E-state index is 0.126. The van der Waals surface area contributed by atoms with E-state index in [-0.39, 0.29) is 61.3 Å². The number of nitrogens with one attached hydrogen (secondary N) is 3. The number of allylic oxidation sites excluding steroid dienone is 2. The van der Waals surface area contributed by atoms with Crippen LogP contribution in [0.5, 0.6) is 11.5 Å². The Morgan fingerprint density at radius 1 is 0.703 bits per heavy atom. The van der Waals surface area contributed by atoms with Gasteiger partial charge in [-0.05, 0) is 89.8 Å². The molecule has 5 heterocycles. The third kappa shape index (κ3) is 8.75. The number of carbonyl (C=O) groups excluding carboxylic acids is 4. The Morgan fingerprint density at radius 3 is 1.66 bits per heavy atom. The van der Waals surface area contributed by atoms with Crippen LogP contribution in [0.4, 0.5) is 11.9 Å². The number of aliphatic carboxylic acids is 1. The van der Waals surface area contributed by atoms with E-state index in [1.54, 1.807) is 68.7 Å². The van der Waals surface area contributed by atoms with Crippen molar-refractivity contribution in [3.63, 3.8) is 0 Å². The van der Waals surface area contributed by atoms with Crippen molar-refractivity contribution in [1.29, 1.82) is 0 Å². The summed E-state index contributed by atoms with van der Waals surface area (Å²) in [5, 5.41) is 27.3. The molecule has 0 unspecified atom stereocenters. The standard InChI is InChI=1S/C44H50N12O8/c1-5-55-32(18-24(3)51-55)40(59)49-43-47-30-20-27(38(45)57)22-34-36(30)53(43)14-7-8-15-54-37-31(48-44(54)50-41(60)33-19-25(4)52-56(33)6-2)21-28(23-35(37)64-17-9-16-63-34)39(58)46-29-12-10-26(11-13-29)42(61)62/h7-8,18-23,26,29H,5-6,9-17H2,1-4H3,(H2,45,57)(H,46,58)(H,61,62)(H,47,49,59)(H,48,50,60)/b8-7+/t26-,29-. The molecule has 2 aromatic carbocycles. The van der Waals surface area contributed by atoms with Gasteiger partial charge in [-0.15, -0.1) is 0 Å². The van der Waals surface area contributed by atoms with Crippen molar-refractivity contribution in [2.24, 2.45) is 11.7 Å². The molecule has 20 heteroatoms. The lowest BCUT2D eigenvalue weighted by atomic mass is 9.86. The molecule has 4 aromatic heterocycles. The quantitative estimate of drug-likeness (QED) is 0.116. The SMILES string of the molecule is CCn1nc(C)cc1C(=O)Nc1nc2cc(C(N)=O)cc3c2n1C/C=C/Cn1c(NC(=O)c2cc(C)nn2CC)nc2cc(C(=O)N[C@H]4CC[C@H](C(=O)O)CC4)cc(c21)OCCCO3. The van der Waals surface area contributed by atoms with E-state index >= 15 is 0 Å². The minimum atomic E-state index is -0.828. The van der Waals surface area contributed by atoms with Crippen LogP contribution in [0.15, 0.2) is 48.6 Å². The number of hydrogen-bond donors (Lipinski definition) is 5. The maximum Gasteiger partial charge on any atom is 0.306 e. The van der Waals surface area contributed by atoms with Gasteiger partial charge in [0.2, 0.25) is 17.8 Å². The summed E-state index contributed by atoms with van der Waals surface area (Å²) in [6.45, 7) is 8.93. The second-order valence-corrected chi connectivity index (χ2v) is 15.9. The van der Waals surface area contributed by atoms with Gasteiger partial charge in [0.15, 0.2) is 0 Å². The first-order valence-corrected chi connectivity index (χ1v) is 21.4. The van der Waals surface area contributed by atoms with E-state index < -0.39 is 29.6 Å². The maximum absolute atomic E-state index is 13.9. The highest BCUT2D eigenvalue weighted by atomic mass is 16.5. The van der Waals surface area contributed by atoms with Gasteiger partial charge in [-0.1, -0.05) is 12.2 Å². The fourth-order valence-electron chi connectivity index (χ4n) is 8.31. The molecule has 0 saturated heterocycles. The number of benzene rings is 2. The lowest BCUT2D eigenvalue weighted by Crippen LogP contribution is -2.38. The molecule has 1 aliphatic carbocycles. The highest BCUT2D eigenvalue weighted by molar-refractivity contribution is 6.05. The normalized spacial score (nSPS) is 17.1. The third-order valence-corrected chi connectivity index (χ3v) is 11.4. The van der Waals surface area contributed by atoms with Crippen LogP contribution < -0.4 is 31.2 Å². The van der Waals surface area contributed by atoms with E-state index in [1.165, 1.54) is 0 Å². The number of aryl methyl sites for hydroxylation is 4. The molecule has 8 rings (SSSR count). The van der Waals surface area contributed by atoms with Gasteiger partial charge in [-0.25, -0.2) is 9.97 Å². The number of carboxylic acid groups (broad SMARTS) is 1. The molecule has 1 fully saturated rings.